The molecule has 0 saturated carbocycles. The first-order valence-electron chi connectivity index (χ1n) is 6.09. The highest BCUT2D eigenvalue weighted by molar-refractivity contribution is 7.63. The van der Waals surface area contributed by atoms with Crippen LogP contribution in [0.15, 0.2) is 0 Å². The van der Waals surface area contributed by atoms with Crippen molar-refractivity contribution in [3.8, 4) is 0 Å². The Balaban J connectivity index is 2.82. The molecular formula is C9H21NO7P2. The summed E-state index contributed by atoms with van der Waals surface area (Å²) in [6.45, 7) is 5.05. The number of phosphoric acid groups is 1. The second-order valence-corrected chi connectivity index (χ2v) is 7.51. The first-order chi connectivity index (χ1) is 8.99. The Hall–Kier alpha value is 0.220. The van der Waals surface area contributed by atoms with Crippen molar-refractivity contribution in [2.24, 2.45) is 0 Å². The first kappa shape index (κ1) is 17.3. The van der Waals surface area contributed by atoms with Gasteiger partial charge >= 0.3 is 15.6 Å². The number of phosphoric ester groups is 1. The minimum Gasteiger partial charge on any atom is -0.379 e. The molecule has 0 aromatic heterocycles. The van der Waals surface area contributed by atoms with Crippen molar-refractivity contribution in [2.45, 2.75) is 13.8 Å². The summed E-state index contributed by atoms with van der Waals surface area (Å²) >= 11 is 0. The molecule has 0 aliphatic carbocycles. The highest BCUT2D eigenvalue weighted by Crippen LogP contribution is 2.66. The third kappa shape index (κ3) is 4.92. The molecule has 0 spiro atoms. The van der Waals surface area contributed by atoms with Crippen LogP contribution >= 0.6 is 15.6 Å². The number of morpholine rings is 1. The largest absolute Gasteiger partial charge is 0.482 e. The molecule has 1 atom stereocenters. The van der Waals surface area contributed by atoms with E-state index in [1.807, 2.05) is 0 Å². The van der Waals surface area contributed by atoms with E-state index in [2.05, 4.69) is 0 Å². The molecule has 0 amide bonds. The van der Waals surface area contributed by atoms with Crippen molar-refractivity contribution >= 4 is 15.6 Å². The highest BCUT2D eigenvalue weighted by atomic mass is 31.3. The van der Waals surface area contributed by atoms with Crippen LogP contribution in [0.5, 0.6) is 0 Å². The molecule has 1 saturated heterocycles. The van der Waals surface area contributed by atoms with Gasteiger partial charge in [0.15, 0.2) is 0 Å². The molecule has 1 rings (SSSR count). The molecular weight excluding hydrogens is 296 g/mol. The summed E-state index contributed by atoms with van der Waals surface area (Å²) in [5.74, 6) is 0. The standard InChI is InChI=1S/C9H21NO7P2/c1-4-15-19(12,16-5-2)17-18(11,13-3)10-6-8-14-9-7-10/h4-9H2,1-3H3. The Bertz CT molecular complexity index is 348. The lowest BCUT2D eigenvalue weighted by Crippen LogP contribution is -2.34. The average Bonchev–Trinajstić information content (AvgIpc) is 2.40. The van der Waals surface area contributed by atoms with E-state index in [0.29, 0.717) is 26.3 Å². The van der Waals surface area contributed by atoms with E-state index in [-0.39, 0.29) is 13.2 Å². The van der Waals surface area contributed by atoms with Gasteiger partial charge in [0.2, 0.25) is 0 Å². The highest BCUT2D eigenvalue weighted by Gasteiger charge is 2.43. The summed E-state index contributed by atoms with van der Waals surface area (Å²) in [5, 5.41) is 0. The Kier molecular flexibility index (Phi) is 7.14. The Labute approximate surface area is 113 Å². The van der Waals surface area contributed by atoms with Crippen molar-refractivity contribution in [1.29, 1.82) is 0 Å². The van der Waals surface area contributed by atoms with Gasteiger partial charge in [0.1, 0.15) is 0 Å². The Morgan fingerprint density at radius 3 is 2.05 bits per heavy atom. The lowest BCUT2D eigenvalue weighted by molar-refractivity contribution is 0.0561. The van der Waals surface area contributed by atoms with Gasteiger partial charge in [-0.3, -0.25) is 13.6 Å². The van der Waals surface area contributed by atoms with E-state index in [0.717, 1.165) is 0 Å². The molecule has 1 fully saturated rings. The fraction of sp³-hybridized carbons (Fsp3) is 1.00. The topological polar surface area (TPSA) is 83.5 Å². The summed E-state index contributed by atoms with van der Waals surface area (Å²) < 4.78 is 51.4. The number of hydrogen-bond acceptors (Lipinski definition) is 7. The maximum atomic E-state index is 12.6. The summed E-state index contributed by atoms with van der Waals surface area (Å²) in [6, 6.07) is 0. The van der Waals surface area contributed by atoms with Gasteiger partial charge in [-0.25, -0.2) is 13.8 Å². The van der Waals surface area contributed by atoms with Crippen molar-refractivity contribution in [1.82, 2.24) is 4.67 Å². The quantitative estimate of drug-likeness (QED) is 0.630. The van der Waals surface area contributed by atoms with Crippen molar-refractivity contribution in [3.05, 3.63) is 0 Å². The van der Waals surface area contributed by atoms with Gasteiger partial charge in [0.25, 0.3) is 0 Å². The van der Waals surface area contributed by atoms with Gasteiger partial charge < -0.3 is 4.74 Å². The second kappa shape index (κ2) is 7.86. The van der Waals surface area contributed by atoms with Crippen LogP contribution in [-0.4, -0.2) is 51.3 Å². The zero-order valence-corrected chi connectivity index (χ0v) is 13.2. The van der Waals surface area contributed by atoms with E-state index >= 15 is 0 Å². The van der Waals surface area contributed by atoms with Crippen LogP contribution in [0.1, 0.15) is 13.8 Å². The maximum Gasteiger partial charge on any atom is 0.482 e. The number of nitrogens with zero attached hydrogens (tertiary/aromatic N) is 1. The summed E-state index contributed by atoms with van der Waals surface area (Å²) in [4.78, 5) is 0. The minimum absolute atomic E-state index is 0.115. The van der Waals surface area contributed by atoms with Gasteiger partial charge in [0.05, 0.1) is 26.4 Å². The predicted molar refractivity (Wildman–Crippen MR) is 69.0 cm³/mol. The molecule has 1 heterocycles. The fourth-order valence-corrected chi connectivity index (χ4v) is 5.19. The monoisotopic (exact) mass is 317 g/mol. The molecule has 114 valence electrons. The molecule has 1 unspecified atom stereocenters. The van der Waals surface area contributed by atoms with Crippen LogP contribution in [0.2, 0.25) is 0 Å². The van der Waals surface area contributed by atoms with E-state index in [9.17, 15) is 9.13 Å². The lowest BCUT2D eigenvalue weighted by Gasteiger charge is -2.32. The van der Waals surface area contributed by atoms with Gasteiger partial charge in [-0.15, -0.1) is 0 Å². The molecule has 8 nitrogen and oxygen atoms in total. The fourth-order valence-electron chi connectivity index (χ4n) is 1.53. The van der Waals surface area contributed by atoms with Crippen LogP contribution in [-0.2, 0) is 31.7 Å². The second-order valence-electron chi connectivity index (χ2n) is 3.58. The first-order valence-corrected chi connectivity index (χ1v) is 9.04. The van der Waals surface area contributed by atoms with Gasteiger partial charge in [-0.2, -0.15) is 4.31 Å². The van der Waals surface area contributed by atoms with Crippen LogP contribution < -0.4 is 0 Å². The molecule has 19 heavy (non-hydrogen) atoms. The summed E-state index contributed by atoms with van der Waals surface area (Å²) in [5.41, 5.74) is 0. The number of rotatable bonds is 8. The van der Waals surface area contributed by atoms with E-state index in [1.54, 1.807) is 13.8 Å². The molecule has 0 N–H and O–H groups in total. The van der Waals surface area contributed by atoms with E-state index in [4.69, 9.17) is 22.6 Å². The lowest BCUT2D eigenvalue weighted by atomic mass is 10.5. The zero-order chi connectivity index (χ0) is 14.4. The van der Waals surface area contributed by atoms with Gasteiger partial charge in [-0.05, 0) is 13.8 Å². The number of hydrogen-bond donors (Lipinski definition) is 0. The maximum absolute atomic E-state index is 12.6. The van der Waals surface area contributed by atoms with Crippen molar-refractivity contribution in [2.75, 3.05) is 46.6 Å². The molecule has 0 aromatic rings. The molecule has 0 radical (unpaired) electrons. The minimum atomic E-state index is -3.89. The molecule has 10 heteroatoms. The SMILES string of the molecule is CCOP(=O)(OCC)OP(=O)(OC)N1CCOCC1. The predicted octanol–water partition coefficient (Wildman–Crippen LogP) is 2.27. The molecule has 0 aromatic carbocycles. The average molecular weight is 317 g/mol. The van der Waals surface area contributed by atoms with Gasteiger partial charge in [-0.1, -0.05) is 0 Å². The van der Waals surface area contributed by atoms with Crippen molar-refractivity contribution < 1.29 is 31.7 Å². The molecule has 0 bridgehead atoms. The molecule has 1 aliphatic rings. The van der Waals surface area contributed by atoms with E-state index < -0.39 is 15.6 Å². The van der Waals surface area contributed by atoms with Crippen LogP contribution in [0.25, 0.3) is 0 Å². The van der Waals surface area contributed by atoms with Crippen LogP contribution in [0.4, 0.5) is 0 Å². The third-order valence-electron chi connectivity index (χ3n) is 2.34. The zero-order valence-electron chi connectivity index (χ0n) is 11.4. The smallest absolute Gasteiger partial charge is 0.379 e. The normalized spacial score (nSPS) is 21.2. The summed E-state index contributed by atoms with van der Waals surface area (Å²) in [6.07, 6.45) is 0. The number of ether oxygens (including phenoxy) is 1. The van der Waals surface area contributed by atoms with Crippen LogP contribution in [0.3, 0.4) is 0 Å². The van der Waals surface area contributed by atoms with Crippen molar-refractivity contribution in [3.63, 3.8) is 0 Å². The van der Waals surface area contributed by atoms with Crippen LogP contribution in [0, 0.1) is 0 Å². The Morgan fingerprint density at radius 2 is 1.63 bits per heavy atom. The molecule has 1 aliphatic heterocycles. The summed E-state index contributed by atoms with van der Waals surface area (Å²) in [7, 11) is -6.38. The van der Waals surface area contributed by atoms with Gasteiger partial charge in [0, 0.05) is 20.2 Å². The third-order valence-corrected chi connectivity index (χ3v) is 6.67. The van der Waals surface area contributed by atoms with E-state index in [1.165, 1.54) is 11.8 Å². The Morgan fingerprint density at radius 1 is 1.11 bits per heavy atom.